The van der Waals surface area contributed by atoms with E-state index in [0.717, 1.165) is 21.0 Å². The van der Waals surface area contributed by atoms with Gasteiger partial charge in [0.15, 0.2) is 11.5 Å². The second-order valence-electron chi connectivity index (χ2n) is 5.30. The van der Waals surface area contributed by atoms with Gasteiger partial charge in [-0.15, -0.1) is 5.10 Å². The van der Waals surface area contributed by atoms with Crippen LogP contribution in [0.2, 0.25) is 5.02 Å². The van der Waals surface area contributed by atoms with Crippen LogP contribution in [0.5, 0.6) is 0 Å². The number of hydrogen-bond donors (Lipinski definition) is 0. The Morgan fingerprint density at radius 1 is 1.17 bits per heavy atom. The van der Waals surface area contributed by atoms with Crippen molar-refractivity contribution in [2.75, 3.05) is 0 Å². The third kappa shape index (κ3) is 2.22. The van der Waals surface area contributed by atoms with Crippen molar-refractivity contribution in [3.05, 3.63) is 52.9 Å². The molecular formula is C15H9ClF3N5. The lowest BCUT2D eigenvalue weighted by Crippen LogP contribution is -2.09. The molecule has 0 aliphatic rings. The molecule has 0 N–H and O–H groups in total. The number of aromatic nitrogens is 5. The molecule has 0 unspecified atom stereocenters. The molecule has 0 saturated carbocycles. The Balaban J connectivity index is 2.07. The van der Waals surface area contributed by atoms with Gasteiger partial charge in [-0.3, -0.25) is 0 Å². The summed E-state index contributed by atoms with van der Waals surface area (Å²) in [5.74, 6) is -0.941. The topological polar surface area (TPSA) is 48.0 Å². The van der Waals surface area contributed by atoms with Crippen molar-refractivity contribution >= 4 is 28.2 Å². The molecule has 0 spiro atoms. The standard InChI is InChI=1S/C15H9ClF3N5/c1-8-3-2-4-9-7-20-24(13(8)9)12-6-10(16)5-11-21-14(15(17,18)19)22-23(11)12/h2-7H,1H3. The number of benzene rings is 1. The van der Waals surface area contributed by atoms with Gasteiger partial charge in [-0.25, -0.2) is 9.67 Å². The summed E-state index contributed by atoms with van der Waals surface area (Å²) < 4.78 is 41.4. The molecule has 0 bridgehead atoms. The Labute approximate surface area is 138 Å². The van der Waals surface area contributed by atoms with E-state index < -0.39 is 12.0 Å². The molecule has 122 valence electrons. The van der Waals surface area contributed by atoms with Gasteiger partial charge in [0.05, 0.1) is 11.7 Å². The highest BCUT2D eigenvalue weighted by molar-refractivity contribution is 6.31. The second-order valence-corrected chi connectivity index (χ2v) is 5.74. The minimum absolute atomic E-state index is 0.00191. The minimum Gasteiger partial charge on any atom is -0.214 e. The van der Waals surface area contributed by atoms with Gasteiger partial charge in [-0.2, -0.15) is 22.8 Å². The molecule has 24 heavy (non-hydrogen) atoms. The van der Waals surface area contributed by atoms with Gasteiger partial charge in [0.2, 0.25) is 0 Å². The quantitative estimate of drug-likeness (QED) is 0.520. The van der Waals surface area contributed by atoms with Crippen LogP contribution < -0.4 is 0 Å². The lowest BCUT2D eigenvalue weighted by Gasteiger charge is -2.08. The molecule has 0 atom stereocenters. The van der Waals surface area contributed by atoms with Crippen molar-refractivity contribution in [1.29, 1.82) is 0 Å². The molecule has 3 aromatic heterocycles. The van der Waals surface area contributed by atoms with E-state index in [1.807, 2.05) is 25.1 Å². The van der Waals surface area contributed by atoms with Gasteiger partial charge in [0, 0.05) is 22.5 Å². The summed E-state index contributed by atoms with van der Waals surface area (Å²) >= 11 is 6.05. The number of pyridine rings is 1. The molecule has 5 nitrogen and oxygen atoms in total. The maximum Gasteiger partial charge on any atom is 0.453 e. The third-order valence-corrected chi connectivity index (χ3v) is 3.86. The van der Waals surface area contributed by atoms with Crippen molar-refractivity contribution in [1.82, 2.24) is 24.4 Å². The fraction of sp³-hybridized carbons (Fsp3) is 0.133. The summed E-state index contributed by atoms with van der Waals surface area (Å²) in [6.07, 6.45) is -3.01. The molecule has 0 fully saturated rings. The van der Waals surface area contributed by atoms with Crippen molar-refractivity contribution in [3.8, 4) is 5.82 Å². The van der Waals surface area contributed by atoms with Gasteiger partial charge in [0.25, 0.3) is 5.82 Å². The fourth-order valence-corrected chi connectivity index (χ4v) is 2.83. The van der Waals surface area contributed by atoms with E-state index in [9.17, 15) is 13.2 Å². The maximum absolute atomic E-state index is 12.9. The van der Waals surface area contributed by atoms with Crippen molar-refractivity contribution in [2.45, 2.75) is 13.1 Å². The number of alkyl halides is 3. The van der Waals surface area contributed by atoms with Crippen LogP contribution in [0.1, 0.15) is 11.4 Å². The number of hydrogen-bond acceptors (Lipinski definition) is 3. The molecule has 0 amide bonds. The van der Waals surface area contributed by atoms with E-state index in [2.05, 4.69) is 15.2 Å². The highest BCUT2D eigenvalue weighted by Gasteiger charge is 2.36. The molecule has 0 aliphatic heterocycles. The second kappa shape index (κ2) is 4.94. The predicted molar refractivity (Wildman–Crippen MR) is 82.4 cm³/mol. The molecule has 0 saturated heterocycles. The first kappa shape index (κ1) is 14.9. The molecule has 0 aliphatic carbocycles. The Morgan fingerprint density at radius 3 is 2.71 bits per heavy atom. The van der Waals surface area contributed by atoms with Crippen molar-refractivity contribution in [3.63, 3.8) is 0 Å². The lowest BCUT2D eigenvalue weighted by atomic mass is 10.2. The Kier molecular flexibility index (Phi) is 3.08. The van der Waals surface area contributed by atoms with E-state index >= 15 is 0 Å². The summed E-state index contributed by atoms with van der Waals surface area (Å²) in [5, 5.41) is 8.96. The van der Waals surface area contributed by atoms with Crippen LogP contribution in [0.4, 0.5) is 13.2 Å². The van der Waals surface area contributed by atoms with Crippen LogP contribution in [-0.2, 0) is 6.18 Å². The monoisotopic (exact) mass is 351 g/mol. The highest BCUT2D eigenvalue weighted by atomic mass is 35.5. The van der Waals surface area contributed by atoms with E-state index in [4.69, 9.17) is 11.6 Å². The lowest BCUT2D eigenvalue weighted by molar-refractivity contribution is -0.144. The number of para-hydroxylation sites is 1. The molecule has 1 aromatic carbocycles. The van der Waals surface area contributed by atoms with E-state index in [1.54, 1.807) is 6.20 Å². The summed E-state index contributed by atoms with van der Waals surface area (Å²) in [5.41, 5.74) is 1.70. The first-order valence-electron chi connectivity index (χ1n) is 6.92. The van der Waals surface area contributed by atoms with Crippen LogP contribution in [0.3, 0.4) is 0 Å². The number of nitrogens with zero attached hydrogens (tertiary/aromatic N) is 5. The molecular weight excluding hydrogens is 343 g/mol. The van der Waals surface area contributed by atoms with Gasteiger partial charge in [-0.1, -0.05) is 29.8 Å². The largest absolute Gasteiger partial charge is 0.453 e. The first-order valence-corrected chi connectivity index (χ1v) is 7.29. The number of halogens is 4. The smallest absolute Gasteiger partial charge is 0.214 e. The van der Waals surface area contributed by atoms with Gasteiger partial charge in [0.1, 0.15) is 0 Å². The molecule has 0 radical (unpaired) electrons. The highest BCUT2D eigenvalue weighted by Crippen LogP contribution is 2.29. The average molecular weight is 352 g/mol. The van der Waals surface area contributed by atoms with Gasteiger partial charge in [-0.05, 0) is 12.5 Å². The fourth-order valence-electron chi connectivity index (χ4n) is 2.63. The first-order chi connectivity index (χ1) is 11.3. The van der Waals surface area contributed by atoms with E-state index in [0.29, 0.717) is 0 Å². The molecule has 3 heterocycles. The van der Waals surface area contributed by atoms with Crippen LogP contribution in [0.15, 0.2) is 36.5 Å². The normalized spacial score (nSPS) is 12.4. The molecule has 4 rings (SSSR count). The Morgan fingerprint density at radius 2 is 1.96 bits per heavy atom. The number of aryl methyl sites for hydroxylation is 1. The molecule has 9 heteroatoms. The summed E-state index contributed by atoms with van der Waals surface area (Å²) in [6, 6.07) is 8.48. The zero-order valence-electron chi connectivity index (χ0n) is 12.2. The Hall–Kier alpha value is -2.61. The summed E-state index contributed by atoms with van der Waals surface area (Å²) in [7, 11) is 0. The minimum atomic E-state index is -4.64. The maximum atomic E-state index is 12.9. The van der Waals surface area contributed by atoms with Gasteiger partial charge >= 0.3 is 6.18 Å². The SMILES string of the molecule is Cc1cccc2cnn(-c3cc(Cl)cc4nc(C(F)(F)F)nn34)c12. The molecule has 4 aromatic rings. The predicted octanol–water partition coefficient (Wildman–Crippen LogP) is 4.05. The number of rotatable bonds is 1. The van der Waals surface area contributed by atoms with Crippen molar-refractivity contribution < 1.29 is 13.2 Å². The van der Waals surface area contributed by atoms with E-state index in [-0.39, 0.29) is 16.5 Å². The van der Waals surface area contributed by atoms with Crippen LogP contribution in [0.25, 0.3) is 22.4 Å². The number of fused-ring (bicyclic) bond motifs is 2. The Bertz CT molecular complexity index is 1080. The van der Waals surface area contributed by atoms with E-state index in [1.165, 1.54) is 16.8 Å². The van der Waals surface area contributed by atoms with Crippen LogP contribution >= 0.6 is 11.6 Å². The average Bonchev–Trinajstić information content (AvgIpc) is 3.10. The van der Waals surface area contributed by atoms with Crippen LogP contribution in [0, 0.1) is 6.92 Å². The third-order valence-electron chi connectivity index (χ3n) is 3.65. The summed E-state index contributed by atoms with van der Waals surface area (Å²) in [6.45, 7) is 1.89. The zero-order valence-corrected chi connectivity index (χ0v) is 13.0. The van der Waals surface area contributed by atoms with Gasteiger partial charge < -0.3 is 0 Å². The summed E-state index contributed by atoms with van der Waals surface area (Å²) in [4.78, 5) is 3.52. The van der Waals surface area contributed by atoms with Crippen LogP contribution in [-0.4, -0.2) is 24.4 Å². The zero-order chi connectivity index (χ0) is 17.1. The van der Waals surface area contributed by atoms with Crippen molar-refractivity contribution in [2.24, 2.45) is 0 Å².